The lowest BCUT2D eigenvalue weighted by Gasteiger charge is -2.27. The Kier molecular flexibility index (Phi) is 13.6. The van der Waals surface area contributed by atoms with Crippen LogP contribution >= 0.6 is 0 Å². The van der Waals surface area contributed by atoms with Crippen molar-refractivity contribution in [3.8, 4) is 17.1 Å². The summed E-state index contributed by atoms with van der Waals surface area (Å²) in [4.78, 5) is 74.6. The monoisotopic (exact) mass is 879 g/mol. The molecule has 1 saturated carbocycles. The number of benzene rings is 2. The number of imide groups is 2. The van der Waals surface area contributed by atoms with Crippen LogP contribution in [0.1, 0.15) is 86.6 Å². The van der Waals surface area contributed by atoms with Crippen LogP contribution in [-0.4, -0.2) is 112 Å². The number of fused-ring (bicyclic) bond motifs is 1. The van der Waals surface area contributed by atoms with E-state index < -0.39 is 47.7 Å². The van der Waals surface area contributed by atoms with Gasteiger partial charge in [0.2, 0.25) is 17.7 Å². The molecule has 0 bridgehead atoms. The first-order valence-electron chi connectivity index (χ1n) is 21.1. The van der Waals surface area contributed by atoms with E-state index in [0.29, 0.717) is 75.3 Å². The van der Waals surface area contributed by atoms with Gasteiger partial charge in [0, 0.05) is 44.4 Å². The highest BCUT2D eigenvalue weighted by molar-refractivity contribution is 6.23. The highest BCUT2D eigenvalue weighted by Gasteiger charge is 2.44. The van der Waals surface area contributed by atoms with E-state index in [1.165, 1.54) is 30.0 Å². The molecule has 19 heteroatoms. The molecular formula is C45H47F2N9O8. The summed E-state index contributed by atoms with van der Waals surface area (Å²) in [5.41, 5.74) is 2.70. The molecule has 3 N–H and O–H groups in total. The van der Waals surface area contributed by atoms with Crippen LogP contribution in [-0.2, 0) is 32.0 Å². The summed E-state index contributed by atoms with van der Waals surface area (Å²) < 4.78 is 46.5. The van der Waals surface area contributed by atoms with Gasteiger partial charge in [0.25, 0.3) is 24.1 Å². The number of piperidine rings is 1. The van der Waals surface area contributed by atoms with Crippen LogP contribution in [0.25, 0.3) is 17.1 Å². The van der Waals surface area contributed by atoms with Gasteiger partial charge in [-0.1, -0.05) is 18.2 Å². The van der Waals surface area contributed by atoms with E-state index in [9.17, 15) is 32.8 Å². The normalized spacial score (nSPS) is 16.2. The van der Waals surface area contributed by atoms with Gasteiger partial charge in [0.1, 0.15) is 18.1 Å². The number of hydrogen-bond acceptors (Lipinski definition) is 13. The Bertz CT molecular complexity index is 2520. The summed E-state index contributed by atoms with van der Waals surface area (Å²) in [7, 11) is 1.96. The average Bonchev–Trinajstić information content (AvgIpc) is 3.70. The summed E-state index contributed by atoms with van der Waals surface area (Å²) in [5.74, 6) is -1.32. The molecule has 1 saturated heterocycles. The van der Waals surface area contributed by atoms with E-state index in [0.717, 1.165) is 22.6 Å². The van der Waals surface area contributed by atoms with Gasteiger partial charge in [-0.15, -0.1) is 0 Å². The molecule has 5 amide bonds. The number of aryl methyl sites for hydroxylation is 1. The Morgan fingerprint density at radius 2 is 1.72 bits per heavy atom. The first-order valence-corrected chi connectivity index (χ1v) is 21.1. The van der Waals surface area contributed by atoms with Crippen LogP contribution in [0, 0.1) is 5.92 Å². The van der Waals surface area contributed by atoms with Crippen molar-refractivity contribution >= 4 is 41.0 Å². The van der Waals surface area contributed by atoms with Crippen molar-refractivity contribution in [3.05, 3.63) is 107 Å². The molecule has 17 nitrogen and oxygen atoms in total. The van der Waals surface area contributed by atoms with E-state index in [2.05, 4.69) is 35.9 Å². The number of ether oxygens (including phenoxy) is 2. The Balaban J connectivity index is 0.731. The molecule has 1 unspecified atom stereocenters. The lowest BCUT2D eigenvalue weighted by molar-refractivity contribution is -0.136. The van der Waals surface area contributed by atoms with Crippen LogP contribution in [0.2, 0.25) is 0 Å². The van der Waals surface area contributed by atoms with E-state index in [1.54, 1.807) is 48.7 Å². The topological polar surface area (TPSA) is 203 Å². The number of anilines is 2. The Morgan fingerprint density at radius 3 is 2.48 bits per heavy atom. The molecule has 334 valence electrons. The zero-order chi connectivity index (χ0) is 44.7. The molecule has 0 radical (unpaired) electrons. The number of aromatic nitrogens is 4. The van der Waals surface area contributed by atoms with Crippen LogP contribution in [0.5, 0.6) is 0 Å². The molecule has 2 fully saturated rings. The number of rotatable bonds is 21. The summed E-state index contributed by atoms with van der Waals surface area (Å²) >= 11 is 0. The number of carbonyl (C=O) groups excluding carboxylic acids is 5. The molecular weight excluding hydrogens is 833 g/mol. The lowest BCUT2D eigenvalue weighted by atomic mass is 10.0. The van der Waals surface area contributed by atoms with E-state index >= 15 is 0 Å². The maximum absolute atomic E-state index is 14.1. The van der Waals surface area contributed by atoms with Crippen molar-refractivity contribution in [1.82, 2.24) is 34.9 Å². The SMILES string of the molecule is CN(CCOCCOCCCc1ccc2c(c1)C(=O)N(C1CCC(=O)NC1=O)C2=O)Cc1ccc(-n2cc(NC(=O)c3coc(-c4ccnc(NCC5CC5)c4)n3)c(C(F)F)n2)cc1. The van der Waals surface area contributed by atoms with Crippen molar-refractivity contribution in [3.63, 3.8) is 0 Å². The third-order valence-electron chi connectivity index (χ3n) is 11.1. The summed E-state index contributed by atoms with van der Waals surface area (Å²) in [6.45, 7) is 3.85. The van der Waals surface area contributed by atoms with Crippen LogP contribution in [0.15, 0.2) is 77.7 Å². The van der Waals surface area contributed by atoms with Gasteiger partial charge in [0.05, 0.1) is 48.5 Å². The lowest BCUT2D eigenvalue weighted by Crippen LogP contribution is -2.54. The Morgan fingerprint density at radius 1 is 0.953 bits per heavy atom. The van der Waals surface area contributed by atoms with E-state index in [4.69, 9.17) is 13.9 Å². The van der Waals surface area contributed by atoms with E-state index in [1.807, 2.05) is 19.2 Å². The second-order valence-corrected chi connectivity index (χ2v) is 16.0. The molecule has 3 aliphatic rings. The molecule has 0 spiro atoms. The zero-order valence-corrected chi connectivity index (χ0v) is 35.1. The number of pyridine rings is 1. The number of alkyl halides is 2. The number of likely N-dealkylation sites (N-methyl/N-ethyl adjacent to an activating group) is 1. The van der Waals surface area contributed by atoms with Crippen LogP contribution in [0.3, 0.4) is 0 Å². The number of halogens is 2. The third kappa shape index (κ3) is 10.6. The average molecular weight is 880 g/mol. The minimum absolute atomic E-state index is 0.0659. The van der Waals surface area contributed by atoms with Crippen molar-refractivity contribution in [1.29, 1.82) is 0 Å². The maximum Gasteiger partial charge on any atom is 0.284 e. The van der Waals surface area contributed by atoms with Gasteiger partial charge < -0.3 is 24.5 Å². The fraction of sp³-hybridized carbons (Fsp3) is 0.378. The van der Waals surface area contributed by atoms with Gasteiger partial charge in [-0.25, -0.2) is 23.4 Å². The first kappa shape index (κ1) is 43.9. The van der Waals surface area contributed by atoms with Crippen LogP contribution < -0.4 is 16.0 Å². The molecule has 8 rings (SSSR count). The van der Waals surface area contributed by atoms with Gasteiger partial charge in [0.15, 0.2) is 11.4 Å². The first-order chi connectivity index (χ1) is 31.0. The van der Waals surface area contributed by atoms with Gasteiger partial charge >= 0.3 is 0 Å². The predicted octanol–water partition coefficient (Wildman–Crippen LogP) is 5.43. The summed E-state index contributed by atoms with van der Waals surface area (Å²) in [6.07, 6.45) is 5.06. The van der Waals surface area contributed by atoms with Gasteiger partial charge in [-0.2, -0.15) is 5.10 Å². The number of oxazole rings is 1. The third-order valence-corrected chi connectivity index (χ3v) is 11.1. The molecule has 64 heavy (non-hydrogen) atoms. The maximum atomic E-state index is 14.1. The smallest absolute Gasteiger partial charge is 0.284 e. The van der Waals surface area contributed by atoms with Crippen molar-refractivity contribution in [2.24, 2.45) is 5.92 Å². The fourth-order valence-electron chi connectivity index (χ4n) is 7.44. The second kappa shape index (κ2) is 19.8. The highest BCUT2D eigenvalue weighted by atomic mass is 19.3. The highest BCUT2D eigenvalue weighted by Crippen LogP contribution is 2.31. The second-order valence-electron chi connectivity index (χ2n) is 16.0. The minimum Gasteiger partial charge on any atom is -0.444 e. The van der Waals surface area contributed by atoms with Crippen molar-refractivity contribution in [2.45, 2.75) is 57.5 Å². The van der Waals surface area contributed by atoms with Crippen molar-refractivity contribution < 1.29 is 46.6 Å². The molecule has 2 aromatic carbocycles. The predicted molar refractivity (Wildman–Crippen MR) is 227 cm³/mol. The fourth-order valence-corrected chi connectivity index (χ4v) is 7.44. The summed E-state index contributed by atoms with van der Waals surface area (Å²) in [6, 6.07) is 14.8. The molecule has 3 aromatic heterocycles. The zero-order valence-electron chi connectivity index (χ0n) is 35.1. The quantitative estimate of drug-likeness (QED) is 0.0623. The molecule has 5 aromatic rings. The number of nitrogens with one attached hydrogen (secondary N) is 3. The minimum atomic E-state index is -2.95. The van der Waals surface area contributed by atoms with Gasteiger partial charge in [-0.3, -0.25) is 39.1 Å². The summed E-state index contributed by atoms with van der Waals surface area (Å²) in [5, 5.41) is 12.1. The number of carbonyl (C=O) groups is 5. The standard InChI is InChI=1S/C45H47F2N9O8/c1-54(16-18-63-20-19-62-17-2-3-27-8-11-32-33(21-27)45(61)56(44(32)60)36-12-13-38(57)52-42(36)59)24-29-6-9-31(10-7-29)55-25-34(39(53-55)40(46)47)50-41(58)35-26-64-43(51-35)30-14-15-48-37(22-30)49-23-28-4-5-28/h6-11,14-15,21-22,25-26,28,36,40H,2-5,12-13,16-20,23-24H2,1H3,(H,48,49)(H,50,58)(H,52,57,59). The Labute approximate surface area is 366 Å². The molecule has 2 aliphatic heterocycles. The van der Waals surface area contributed by atoms with Crippen LogP contribution in [0.4, 0.5) is 20.3 Å². The van der Waals surface area contributed by atoms with Crippen molar-refractivity contribution in [2.75, 3.05) is 57.2 Å². The number of amides is 5. The molecule has 1 atom stereocenters. The molecule has 1 aliphatic carbocycles. The largest absolute Gasteiger partial charge is 0.444 e. The van der Waals surface area contributed by atoms with E-state index in [-0.39, 0.29) is 41.2 Å². The van der Waals surface area contributed by atoms with Gasteiger partial charge in [-0.05, 0) is 92.6 Å². The number of hydrogen-bond donors (Lipinski definition) is 3. The number of nitrogens with zero attached hydrogens (tertiary/aromatic N) is 6. The Hall–Kier alpha value is -6.70. The molecule has 5 heterocycles.